The number of allylic oxidation sites excluding steroid dienone is 1. The Morgan fingerprint density at radius 1 is 1.33 bits per heavy atom. The van der Waals surface area contributed by atoms with E-state index in [-0.39, 0.29) is 23.5 Å². The number of amides is 2. The first-order chi connectivity index (χ1) is 8.47. The third-order valence-corrected chi connectivity index (χ3v) is 2.85. The smallest absolute Gasteiger partial charge is 0.259 e. The Morgan fingerprint density at radius 3 is 2.56 bits per heavy atom. The van der Waals surface area contributed by atoms with E-state index in [0.29, 0.717) is 16.7 Å². The van der Waals surface area contributed by atoms with E-state index in [2.05, 4.69) is 11.9 Å². The van der Waals surface area contributed by atoms with Gasteiger partial charge in [0.15, 0.2) is 5.78 Å². The molecule has 0 aliphatic carbocycles. The predicted molar refractivity (Wildman–Crippen MR) is 65.3 cm³/mol. The summed E-state index contributed by atoms with van der Waals surface area (Å²) in [6.45, 7) is 5.17. The van der Waals surface area contributed by atoms with Crippen LogP contribution in [-0.4, -0.2) is 17.6 Å². The van der Waals surface area contributed by atoms with Crippen LogP contribution in [0.4, 0.5) is 0 Å². The van der Waals surface area contributed by atoms with Gasteiger partial charge in [-0.05, 0) is 30.2 Å². The van der Waals surface area contributed by atoms with Gasteiger partial charge in [-0.25, -0.2) is 0 Å². The number of carbonyl (C=O) groups excluding carboxylic acids is 3. The lowest BCUT2D eigenvalue weighted by Gasteiger charge is -2.09. The van der Waals surface area contributed by atoms with Crippen molar-refractivity contribution in [1.82, 2.24) is 5.32 Å². The standard InChI is InChI=1S/C13H12N2O3/c1-6(2)11(16)7-3-4-8-10(9(7)5-14)13(18)15-12(8)17/h3-4H,1,5,14H2,2H3,(H,15,17,18). The molecule has 0 spiro atoms. The van der Waals surface area contributed by atoms with Crippen LogP contribution >= 0.6 is 0 Å². The summed E-state index contributed by atoms with van der Waals surface area (Å²) in [6, 6.07) is 2.97. The minimum Gasteiger partial charge on any atom is -0.326 e. The molecule has 0 saturated carbocycles. The van der Waals surface area contributed by atoms with Crippen LogP contribution in [0.25, 0.3) is 0 Å². The van der Waals surface area contributed by atoms with Crippen molar-refractivity contribution in [3.63, 3.8) is 0 Å². The van der Waals surface area contributed by atoms with Crippen LogP contribution in [0.15, 0.2) is 24.3 Å². The molecule has 1 aliphatic heterocycles. The van der Waals surface area contributed by atoms with Crippen molar-refractivity contribution in [3.05, 3.63) is 46.5 Å². The minimum absolute atomic E-state index is 0.0121. The van der Waals surface area contributed by atoms with Gasteiger partial charge < -0.3 is 5.73 Å². The van der Waals surface area contributed by atoms with Crippen molar-refractivity contribution in [2.24, 2.45) is 5.73 Å². The maximum Gasteiger partial charge on any atom is 0.259 e. The van der Waals surface area contributed by atoms with Crippen LogP contribution in [0.3, 0.4) is 0 Å². The van der Waals surface area contributed by atoms with Crippen molar-refractivity contribution in [3.8, 4) is 0 Å². The Bertz CT molecular complexity index is 602. The molecule has 0 unspecified atom stereocenters. The molecule has 0 bridgehead atoms. The number of rotatable bonds is 3. The lowest BCUT2D eigenvalue weighted by Crippen LogP contribution is -2.21. The summed E-state index contributed by atoms with van der Waals surface area (Å²) in [5.74, 6) is -1.24. The number of ketones is 1. The Morgan fingerprint density at radius 2 is 2.00 bits per heavy atom. The number of Topliss-reactive ketones (excluding diaryl/α,β-unsaturated/α-hetero) is 1. The summed E-state index contributed by atoms with van der Waals surface area (Å²) in [4.78, 5) is 35.1. The highest BCUT2D eigenvalue weighted by Gasteiger charge is 2.31. The molecule has 0 radical (unpaired) electrons. The quantitative estimate of drug-likeness (QED) is 0.467. The second-order valence-corrected chi connectivity index (χ2v) is 4.11. The fourth-order valence-electron chi connectivity index (χ4n) is 1.98. The molecule has 1 heterocycles. The zero-order valence-electron chi connectivity index (χ0n) is 9.87. The van der Waals surface area contributed by atoms with Gasteiger partial charge in [-0.1, -0.05) is 6.58 Å². The average Bonchev–Trinajstić information content (AvgIpc) is 2.63. The van der Waals surface area contributed by atoms with Gasteiger partial charge in [0.2, 0.25) is 0 Å². The fraction of sp³-hybridized carbons (Fsp3) is 0.154. The van der Waals surface area contributed by atoms with Crippen LogP contribution in [0.1, 0.15) is 43.6 Å². The molecule has 1 aliphatic rings. The van der Waals surface area contributed by atoms with Gasteiger partial charge in [0, 0.05) is 12.1 Å². The van der Waals surface area contributed by atoms with E-state index < -0.39 is 11.8 Å². The fourth-order valence-corrected chi connectivity index (χ4v) is 1.98. The van der Waals surface area contributed by atoms with Crippen molar-refractivity contribution in [2.75, 3.05) is 0 Å². The van der Waals surface area contributed by atoms with E-state index in [1.54, 1.807) is 6.92 Å². The Labute approximate surface area is 104 Å². The summed E-state index contributed by atoms with van der Waals surface area (Å²) < 4.78 is 0. The number of nitrogens with one attached hydrogen (secondary N) is 1. The molecule has 1 aromatic carbocycles. The molecule has 0 aromatic heterocycles. The van der Waals surface area contributed by atoms with E-state index in [9.17, 15) is 14.4 Å². The molecular formula is C13H12N2O3. The van der Waals surface area contributed by atoms with Crippen LogP contribution in [0, 0.1) is 0 Å². The van der Waals surface area contributed by atoms with Gasteiger partial charge in [0.05, 0.1) is 11.1 Å². The molecule has 0 fully saturated rings. The molecule has 2 rings (SSSR count). The van der Waals surface area contributed by atoms with E-state index in [1.165, 1.54) is 12.1 Å². The lowest BCUT2D eigenvalue weighted by molar-refractivity contribution is 0.0879. The van der Waals surface area contributed by atoms with Gasteiger partial charge in [-0.2, -0.15) is 0 Å². The van der Waals surface area contributed by atoms with Crippen molar-refractivity contribution in [2.45, 2.75) is 13.5 Å². The Kier molecular flexibility index (Phi) is 2.84. The monoisotopic (exact) mass is 244 g/mol. The summed E-state index contributed by atoms with van der Waals surface area (Å²) in [5, 5.41) is 2.19. The molecule has 0 saturated heterocycles. The minimum atomic E-state index is -0.508. The number of hydrogen-bond acceptors (Lipinski definition) is 4. The normalized spacial score (nSPS) is 13.2. The largest absolute Gasteiger partial charge is 0.326 e. The zero-order chi connectivity index (χ0) is 13.4. The maximum absolute atomic E-state index is 11.9. The number of nitrogens with two attached hydrogens (primary N) is 1. The Hall–Kier alpha value is -2.27. The van der Waals surface area contributed by atoms with E-state index in [1.807, 2.05) is 0 Å². The highest BCUT2D eigenvalue weighted by Crippen LogP contribution is 2.24. The molecule has 5 nitrogen and oxygen atoms in total. The summed E-state index contributed by atoms with van der Waals surface area (Å²) in [5.41, 5.74) is 7.14. The van der Waals surface area contributed by atoms with Crippen LogP contribution < -0.4 is 11.1 Å². The van der Waals surface area contributed by atoms with Crippen LogP contribution in [0.2, 0.25) is 0 Å². The highest BCUT2D eigenvalue weighted by atomic mass is 16.2. The Balaban J connectivity index is 2.70. The number of fused-ring (bicyclic) bond motifs is 1. The van der Waals surface area contributed by atoms with Gasteiger partial charge in [0.1, 0.15) is 0 Å². The second-order valence-electron chi connectivity index (χ2n) is 4.11. The summed E-state index contributed by atoms with van der Waals surface area (Å²) in [6.07, 6.45) is 0. The maximum atomic E-state index is 11.9. The summed E-state index contributed by atoms with van der Waals surface area (Å²) >= 11 is 0. The third-order valence-electron chi connectivity index (χ3n) is 2.85. The van der Waals surface area contributed by atoms with E-state index in [0.717, 1.165) is 0 Å². The number of benzene rings is 1. The molecule has 92 valence electrons. The highest BCUT2D eigenvalue weighted by molar-refractivity contribution is 6.23. The number of hydrogen-bond donors (Lipinski definition) is 2. The average molecular weight is 244 g/mol. The SMILES string of the molecule is C=C(C)C(=O)c1ccc2c(c1CN)C(=O)NC2=O. The van der Waals surface area contributed by atoms with Crippen LogP contribution in [0.5, 0.6) is 0 Å². The van der Waals surface area contributed by atoms with Crippen molar-refractivity contribution >= 4 is 17.6 Å². The zero-order valence-corrected chi connectivity index (χ0v) is 9.87. The predicted octanol–water partition coefficient (Wildman–Crippen LogP) is 0.788. The molecule has 3 N–H and O–H groups in total. The van der Waals surface area contributed by atoms with Gasteiger partial charge in [-0.15, -0.1) is 0 Å². The van der Waals surface area contributed by atoms with Gasteiger partial charge >= 0.3 is 0 Å². The molecule has 2 amide bonds. The summed E-state index contributed by atoms with van der Waals surface area (Å²) in [7, 11) is 0. The first-order valence-electron chi connectivity index (χ1n) is 5.39. The van der Waals surface area contributed by atoms with Crippen molar-refractivity contribution < 1.29 is 14.4 Å². The molecule has 0 atom stereocenters. The molecule has 1 aromatic rings. The molecular weight excluding hydrogens is 232 g/mol. The molecule has 5 heteroatoms. The number of imide groups is 1. The van der Waals surface area contributed by atoms with Gasteiger partial charge in [-0.3, -0.25) is 19.7 Å². The first-order valence-corrected chi connectivity index (χ1v) is 5.39. The third kappa shape index (κ3) is 1.65. The first kappa shape index (κ1) is 12.2. The van der Waals surface area contributed by atoms with E-state index in [4.69, 9.17) is 5.73 Å². The molecule has 18 heavy (non-hydrogen) atoms. The number of carbonyl (C=O) groups is 3. The van der Waals surface area contributed by atoms with Crippen LogP contribution in [-0.2, 0) is 6.54 Å². The topological polar surface area (TPSA) is 89.3 Å². The van der Waals surface area contributed by atoms with Crippen molar-refractivity contribution in [1.29, 1.82) is 0 Å². The second kappa shape index (κ2) is 4.19. The van der Waals surface area contributed by atoms with E-state index >= 15 is 0 Å². The van der Waals surface area contributed by atoms with Gasteiger partial charge in [0.25, 0.3) is 11.8 Å². The lowest BCUT2D eigenvalue weighted by atomic mass is 9.93.